The predicted molar refractivity (Wildman–Crippen MR) is 99.0 cm³/mol. The first-order valence-electron chi connectivity index (χ1n) is 7.51. The van der Waals surface area contributed by atoms with Crippen LogP contribution in [0.25, 0.3) is 11.3 Å². The molecular formula is C18H17ClN2O2S. The summed E-state index contributed by atoms with van der Waals surface area (Å²) in [4.78, 5) is 4.28. The van der Waals surface area contributed by atoms with E-state index in [-0.39, 0.29) is 0 Å². The van der Waals surface area contributed by atoms with Crippen molar-refractivity contribution in [1.29, 1.82) is 0 Å². The van der Waals surface area contributed by atoms with E-state index in [1.165, 1.54) is 0 Å². The lowest BCUT2D eigenvalue weighted by Gasteiger charge is -2.10. The van der Waals surface area contributed by atoms with Gasteiger partial charge in [0, 0.05) is 22.4 Å². The van der Waals surface area contributed by atoms with Crippen molar-refractivity contribution >= 4 is 28.6 Å². The standard InChI is InChI=1S/C18H17ClN2O2S/c19-14-3-5-15(6-4-14)22-8-1-9-23-18-7-2-13(10-16(18)20)17-11-24-12-21-17/h2-7,10-12H,1,8-9,20H2. The van der Waals surface area contributed by atoms with Gasteiger partial charge in [0.2, 0.25) is 0 Å². The Morgan fingerprint density at radius 2 is 1.83 bits per heavy atom. The Labute approximate surface area is 149 Å². The molecule has 0 unspecified atom stereocenters. The number of ether oxygens (including phenoxy) is 2. The van der Waals surface area contributed by atoms with Gasteiger partial charge in [0.05, 0.1) is 30.1 Å². The molecule has 0 aliphatic carbocycles. The van der Waals surface area contributed by atoms with Crippen molar-refractivity contribution in [2.75, 3.05) is 18.9 Å². The average Bonchev–Trinajstić information content (AvgIpc) is 3.12. The maximum absolute atomic E-state index is 6.05. The number of nitrogens with two attached hydrogens (primary N) is 1. The molecule has 24 heavy (non-hydrogen) atoms. The molecule has 0 fully saturated rings. The van der Waals surface area contributed by atoms with Crippen LogP contribution in [-0.4, -0.2) is 18.2 Å². The van der Waals surface area contributed by atoms with Gasteiger partial charge in [-0.3, -0.25) is 0 Å². The van der Waals surface area contributed by atoms with Gasteiger partial charge in [0.1, 0.15) is 11.5 Å². The third-order valence-corrected chi connectivity index (χ3v) is 4.20. The van der Waals surface area contributed by atoms with Crippen molar-refractivity contribution in [2.45, 2.75) is 6.42 Å². The number of hydrogen-bond acceptors (Lipinski definition) is 5. The molecule has 0 aliphatic heterocycles. The Morgan fingerprint density at radius 3 is 2.54 bits per heavy atom. The normalized spacial score (nSPS) is 10.5. The predicted octanol–water partition coefficient (Wildman–Crippen LogP) is 4.89. The van der Waals surface area contributed by atoms with Crippen molar-refractivity contribution in [2.24, 2.45) is 0 Å². The zero-order chi connectivity index (χ0) is 16.8. The van der Waals surface area contributed by atoms with Gasteiger partial charge in [-0.1, -0.05) is 11.6 Å². The Morgan fingerprint density at radius 1 is 1.04 bits per heavy atom. The van der Waals surface area contributed by atoms with Crippen LogP contribution in [0.2, 0.25) is 5.02 Å². The van der Waals surface area contributed by atoms with E-state index in [1.807, 2.05) is 35.7 Å². The number of anilines is 1. The van der Waals surface area contributed by atoms with Crippen LogP contribution >= 0.6 is 22.9 Å². The summed E-state index contributed by atoms with van der Waals surface area (Å²) in [5.41, 5.74) is 10.4. The molecule has 124 valence electrons. The van der Waals surface area contributed by atoms with Gasteiger partial charge < -0.3 is 15.2 Å². The maximum Gasteiger partial charge on any atom is 0.142 e. The van der Waals surface area contributed by atoms with Crippen LogP contribution in [0.1, 0.15) is 6.42 Å². The van der Waals surface area contributed by atoms with Crippen molar-refractivity contribution < 1.29 is 9.47 Å². The van der Waals surface area contributed by atoms with Crippen molar-refractivity contribution in [3.63, 3.8) is 0 Å². The Hall–Kier alpha value is -2.24. The number of thiazole rings is 1. The van der Waals surface area contributed by atoms with Gasteiger partial charge in [-0.15, -0.1) is 11.3 Å². The van der Waals surface area contributed by atoms with Crippen LogP contribution in [0.4, 0.5) is 5.69 Å². The van der Waals surface area contributed by atoms with Gasteiger partial charge in [-0.25, -0.2) is 4.98 Å². The summed E-state index contributed by atoms with van der Waals surface area (Å²) in [5.74, 6) is 1.48. The molecule has 0 atom stereocenters. The van der Waals surface area contributed by atoms with Gasteiger partial charge >= 0.3 is 0 Å². The van der Waals surface area contributed by atoms with Crippen LogP contribution < -0.4 is 15.2 Å². The molecule has 1 aromatic heterocycles. The number of halogens is 1. The monoisotopic (exact) mass is 360 g/mol. The fourth-order valence-electron chi connectivity index (χ4n) is 2.16. The molecule has 3 aromatic rings. The van der Waals surface area contributed by atoms with E-state index in [2.05, 4.69) is 4.98 Å². The molecule has 0 bridgehead atoms. The lowest BCUT2D eigenvalue weighted by Crippen LogP contribution is -2.06. The van der Waals surface area contributed by atoms with E-state index < -0.39 is 0 Å². The summed E-state index contributed by atoms with van der Waals surface area (Å²) in [7, 11) is 0. The van der Waals surface area contributed by atoms with Gasteiger partial charge in [-0.2, -0.15) is 0 Å². The summed E-state index contributed by atoms with van der Waals surface area (Å²) in [6.45, 7) is 1.10. The highest BCUT2D eigenvalue weighted by atomic mass is 35.5. The number of rotatable bonds is 7. The fraction of sp³-hybridized carbons (Fsp3) is 0.167. The molecule has 4 nitrogen and oxygen atoms in total. The van der Waals surface area contributed by atoms with E-state index in [9.17, 15) is 0 Å². The molecule has 0 saturated heterocycles. The minimum absolute atomic E-state index is 0.536. The number of benzene rings is 2. The molecule has 0 radical (unpaired) electrons. The molecule has 0 saturated carbocycles. The van der Waals surface area contributed by atoms with Crippen LogP contribution in [0.5, 0.6) is 11.5 Å². The number of hydrogen-bond donors (Lipinski definition) is 1. The van der Waals surface area contributed by atoms with Gasteiger partial charge in [-0.05, 0) is 42.5 Å². The molecule has 0 aliphatic rings. The number of nitrogens with zero attached hydrogens (tertiary/aromatic N) is 1. The summed E-state index contributed by atoms with van der Waals surface area (Å²) in [5, 5.41) is 2.69. The highest BCUT2D eigenvalue weighted by molar-refractivity contribution is 7.07. The second kappa shape index (κ2) is 8.04. The Balaban J connectivity index is 1.46. The van der Waals surface area contributed by atoms with E-state index >= 15 is 0 Å². The average molecular weight is 361 g/mol. The first kappa shape index (κ1) is 16.6. The molecule has 3 rings (SSSR count). The van der Waals surface area contributed by atoms with E-state index in [4.69, 9.17) is 26.8 Å². The third kappa shape index (κ3) is 4.40. The van der Waals surface area contributed by atoms with E-state index in [0.717, 1.165) is 23.4 Å². The zero-order valence-corrected chi connectivity index (χ0v) is 14.5. The van der Waals surface area contributed by atoms with Gasteiger partial charge in [0.15, 0.2) is 0 Å². The van der Waals surface area contributed by atoms with Crippen LogP contribution in [-0.2, 0) is 0 Å². The van der Waals surface area contributed by atoms with E-state index in [1.54, 1.807) is 29.0 Å². The maximum atomic E-state index is 6.05. The van der Waals surface area contributed by atoms with Gasteiger partial charge in [0.25, 0.3) is 0 Å². The zero-order valence-electron chi connectivity index (χ0n) is 12.9. The topological polar surface area (TPSA) is 57.4 Å². The minimum Gasteiger partial charge on any atom is -0.493 e. The molecule has 6 heteroatoms. The van der Waals surface area contributed by atoms with Crippen LogP contribution in [0.15, 0.2) is 53.4 Å². The SMILES string of the molecule is Nc1cc(-c2cscn2)ccc1OCCCOc1ccc(Cl)cc1. The first-order valence-corrected chi connectivity index (χ1v) is 8.84. The fourth-order valence-corrected chi connectivity index (χ4v) is 2.84. The number of nitrogen functional groups attached to an aromatic ring is 1. The Kier molecular flexibility index (Phi) is 5.56. The highest BCUT2D eigenvalue weighted by Gasteiger charge is 2.05. The molecular weight excluding hydrogens is 344 g/mol. The molecule has 1 heterocycles. The van der Waals surface area contributed by atoms with Crippen molar-refractivity contribution in [1.82, 2.24) is 4.98 Å². The summed E-state index contributed by atoms with van der Waals surface area (Å²) >= 11 is 7.39. The minimum atomic E-state index is 0.536. The second-order valence-electron chi connectivity index (χ2n) is 5.13. The first-order chi connectivity index (χ1) is 11.7. The lowest BCUT2D eigenvalue weighted by atomic mass is 10.1. The third-order valence-electron chi connectivity index (χ3n) is 3.37. The molecule has 0 amide bonds. The summed E-state index contributed by atoms with van der Waals surface area (Å²) in [6.07, 6.45) is 0.760. The number of aromatic nitrogens is 1. The second-order valence-corrected chi connectivity index (χ2v) is 6.29. The van der Waals surface area contributed by atoms with Crippen LogP contribution in [0, 0.1) is 0 Å². The largest absolute Gasteiger partial charge is 0.493 e. The van der Waals surface area contributed by atoms with Crippen molar-refractivity contribution in [3.8, 4) is 22.8 Å². The van der Waals surface area contributed by atoms with Crippen LogP contribution in [0.3, 0.4) is 0 Å². The lowest BCUT2D eigenvalue weighted by molar-refractivity contribution is 0.248. The molecule has 2 aromatic carbocycles. The molecule has 0 spiro atoms. The summed E-state index contributed by atoms with van der Waals surface area (Å²) < 4.78 is 11.3. The quantitative estimate of drug-likeness (QED) is 0.481. The Bertz CT molecular complexity index is 776. The molecule has 2 N–H and O–H groups in total. The smallest absolute Gasteiger partial charge is 0.142 e. The van der Waals surface area contributed by atoms with E-state index in [0.29, 0.717) is 29.7 Å². The highest BCUT2D eigenvalue weighted by Crippen LogP contribution is 2.28. The summed E-state index contributed by atoms with van der Waals surface area (Å²) in [6, 6.07) is 13.0. The van der Waals surface area contributed by atoms with Crippen molar-refractivity contribution in [3.05, 3.63) is 58.4 Å².